The molecule has 2 amide bonds. The number of nitrogens with zero attached hydrogens (tertiary/aromatic N) is 1. The smallest absolute Gasteiger partial charge is 0.304 e. The zero-order chi connectivity index (χ0) is 32.5. The van der Waals surface area contributed by atoms with Gasteiger partial charge in [0.2, 0.25) is 5.91 Å². The second kappa shape index (κ2) is 13.2. The van der Waals surface area contributed by atoms with Gasteiger partial charge in [-0.15, -0.1) is 0 Å². The van der Waals surface area contributed by atoms with Crippen LogP contribution in [0.15, 0.2) is 84.9 Å². The number of fused-ring (bicyclic) bond motifs is 6. The molecule has 0 radical (unpaired) electrons. The molecule has 0 aromatic heterocycles. The van der Waals surface area contributed by atoms with Crippen molar-refractivity contribution in [1.29, 1.82) is 0 Å². The van der Waals surface area contributed by atoms with Crippen molar-refractivity contribution in [2.75, 3.05) is 26.7 Å². The maximum absolute atomic E-state index is 13.5. The monoisotopic (exact) mass is 627 g/mol. The Morgan fingerprint density at radius 3 is 2.36 bits per heavy atom. The Morgan fingerprint density at radius 1 is 0.851 bits per heavy atom. The number of hydrogen-bond acceptors (Lipinski definition) is 4. The summed E-state index contributed by atoms with van der Waals surface area (Å²) in [5, 5.41) is 23.3. The molecule has 5 aromatic carbocycles. The molecule has 1 fully saturated rings. The molecule has 3 N–H and O–H groups in total. The first-order valence-corrected chi connectivity index (χ1v) is 16.8. The lowest BCUT2D eigenvalue weighted by atomic mass is 9.89. The van der Waals surface area contributed by atoms with Crippen molar-refractivity contribution in [2.24, 2.45) is 11.8 Å². The predicted octanol–water partition coefficient (Wildman–Crippen LogP) is 6.65. The lowest BCUT2D eigenvalue weighted by Gasteiger charge is -2.25. The van der Waals surface area contributed by atoms with E-state index in [1.165, 1.54) is 26.9 Å². The summed E-state index contributed by atoms with van der Waals surface area (Å²) in [7, 11) is 1.85. The van der Waals surface area contributed by atoms with Crippen LogP contribution in [-0.4, -0.2) is 54.5 Å². The third-order valence-corrected chi connectivity index (χ3v) is 10.3. The molecule has 7 rings (SSSR count). The Morgan fingerprint density at radius 2 is 1.57 bits per heavy atom. The van der Waals surface area contributed by atoms with Crippen molar-refractivity contribution >= 4 is 50.1 Å². The normalized spacial score (nSPS) is 18.5. The van der Waals surface area contributed by atoms with Crippen LogP contribution in [0.5, 0.6) is 0 Å². The number of aliphatic carboxylic acids is 1. The van der Waals surface area contributed by atoms with Crippen LogP contribution in [0.3, 0.4) is 0 Å². The van der Waals surface area contributed by atoms with Gasteiger partial charge in [0.25, 0.3) is 5.91 Å². The van der Waals surface area contributed by atoms with E-state index >= 15 is 0 Å². The van der Waals surface area contributed by atoms with Crippen molar-refractivity contribution in [3.63, 3.8) is 0 Å². The first-order chi connectivity index (χ1) is 22.8. The quantitative estimate of drug-likeness (QED) is 0.167. The van der Waals surface area contributed by atoms with Crippen LogP contribution in [0.2, 0.25) is 0 Å². The van der Waals surface area contributed by atoms with Gasteiger partial charge in [0.1, 0.15) is 0 Å². The number of amides is 2. The number of carboxylic acids is 1. The highest BCUT2D eigenvalue weighted by atomic mass is 16.4. The van der Waals surface area contributed by atoms with Gasteiger partial charge in [-0.3, -0.25) is 14.4 Å². The molecular formula is C40H41N3O4. The molecule has 47 heavy (non-hydrogen) atoms. The van der Waals surface area contributed by atoms with E-state index in [0.717, 1.165) is 54.4 Å². The zero-order valence-corrected chi connectivity index (χ0v) is 26.8. The standard InChI is InChI=1S/C40H41N3O4/c1-43(19-16-25-14-17-41-18-15-25)40(47)29-9-11-34-30(22-29)23-31(24-38(44)45)39(46)42-37(34)21-26-6-10-33-28(20-26)8-13-35-32-5-3-2-4-27(32)7-12-36(33)35/h2-13,20,22,25,31,37,41H,14-19,21,23-24H2,1H3,(H,42,46)(H,44,45). The molecule has 7 nitrogen and oxygen atoms in total. The lowest BCUT2D eigenvalue weighted by Crippen LogP contribution is -2.34. The van der Waals surface area contributed by atoms with Gasteiger partial charge in [0, 0.05) is 19.2 Å². The van der Waals surface area contributed by atoms with Crippen molar-refractivity contribution in [1.82, 2.24) is 15.5 Å². The number of hydrogen-bond donors (Lipinski definition) is 3. The number of rotatable bonds is 8. The van der Waals surface area contributed by atoms with E-state index < -0.39 is 11.9 Å². The summed E-state index contributed by atoms with van der Waals surface area (Å²) < 4.78 is 0. The largest absolute Gasteiger partial charge is 0.481 e. The van der Waals surface area contributed by atoms with Gasteiger partial charge in [-0.05, 0) is 112 Å². The first kappa shape index (κ1) is 30.9. The third-order valence-electron chi connectivity index (χ3n) is 10.3. The van der Waals surface area contributed by atoms with Gasteiger partial charge in [-0.1, -0.05) is 72.8 Å². The summed E-state index contributed by atoms with van der Waals surface area (Å²) in [6.45, 7) is 2.76. The molecule has 0 aliphatic carbocycles. The van der Waals surface area contributed by atoms with Gasteiger partial charge < -0.3 is 20.6 Å². The van der Waals surface area contributed by atoms with Crippen LogP contribution < -0.4 is 10.6 Å². The number of carbonyl (C=O) groups excluding carboxylic acids is 2. The van der Waals surface area contributed by atoms with Crippen LogP contribution in [0.1, 0.15) is 58.8 Å². The molecule has 240 valence electrons. The van der Waals surface area contributed by atoms with Gasteiger partial charge in [0.15, 0.2) is 0 Å². The number of carbonyl (C=O) groups is 3. The van der Waals surface area contributed by atoms with Crippen LogP contribution >= 0.6 is 0 Å². The van der Waals surface area contributed by atoms with E-state index in [9.17, 15) is 19.5 Å². The van der Waals surface area contributed by atoms with E-state index in [4.69, 9.17) is 0 Å². The SMILES string of the molecule is CN(CCC1CCNCC1)C(=O)c1ccc2c(c1)CC(CC(=O)O)C(=O)NC2Cc1ccc2c(ccc3c4ccccc4ccc23)c1. The summed E-state index contributed by atoms with van der Waals surface area (Å²) in [6, 6.07) is 29.0. The molecular weight excluding hydrogens is 586 g/mol. The van der Waals surface area contributed by atoms with Gasteiger partial charge in [-0.25, -0.2) is 0 Å². The highest BCUT2D eigenvalue weighted by Gasteiger charge is 2.32. The minimum Gasteiger partial charge on any atom is -0.481 e. The summed E-state index contributed by atoms with van der Waals surface area (Å²) in [5.41, 5.74) is 3.44. The Hall–Kier alpha value is -4.75. The molecule has 2 aliphatic heterocycles. The Balaban J connectivity index is 1.17. The summed E-state index contributed by atoms with van der Waals surface area (Å²) in [4.78, 5) is 40.4. The van der Waals surface area contributed by atoms with E-state index in [1.54, 1.807) is 4.90 Å². The lowest BCUT2D eigenvalue weighted by molar-refractivity contribution is -0.141. The fourth-order valence-corrected chi connectivity index (χ4v) is 7.63. The van der Waals surface area contributed by atoms with Gasteiger partial charge in [-0.2, -0.15) is 0 Å². The second-order valence-electron chi connectivity index (χ2n) is 13.4. The molecule has 2 aliphatic rings. The molecule has 2 atom stereocenters. The van der Waals surface area contributed by atoms with Gasteiger partial charge >= 0.3 is 5.97 Å². The first-order valence-electron chi connectivity index (χ1n) is 16.8. The third kappa shape index (κ3) is 6.45. The maximum Gasteiger partial charge on any atom is 0.304 e. The molecule has 0 spiro atoms. The van der Waals surface area contributed by atoms with Crippen LogP contribution in [0, 0.1) is 11.8 Å². The molecule has 2 unspecified atom stereocenters. The summed E-state index contributed by atoms with van der Waals surface area (Å²) in [5.74, 6) is -1.41. The summed E-state index contributed by atoms with van der Waals surface area (Å²) >= 11 is 0. The van der Waals surface area contributed by atoms with Crippen molar-refractivity contribution in [3.05, 3.63) is 107 Å². The minimum absolute atomic E-state index is 0.0499. The molecule has 2 heterocycles. The molecule has 0 saturated carbocycles. The number of nitrogens with one attached hydrogen (secondary N) is 2. The van der Waals surface area contributed by atoms with Crippen LogP contribution in [0.4, 0.5) is 0 Å². The number of benzene rings is 5. The Kier molecular flexibility index (Phi) is 8.65. The predicted molar refractivity (Wildman–Crippen MR) is 187 cm³/mol. The average Bonchev–Trinajstić information content (AvgIpc) is 3.21. The molecule has 0 bridgehead atoms. The van der Waals surface area contributed by atoms with Gasteiger partial charge in [0.05, 0.1) is 18.4 Å². The Bertz CT molecular complexity index is 2000. The van der Waals surface area contributed by atoms with E-state index in [-0.39, 0.29) is 30.7 Å². The van der Waals surface area contributed by atoms with Crippen molar-refractivity contribution in [2.45, 2.75) is 44.6 Å². The number of piperidine rings is 1. The number of carboxylic acid groups (broad SMARTS) is 1. The Labute approximate surface area is 274 Å². The maximum atomic E-state index is 13.5. The van der Waals surface area contributed by atoms with Crippen LogP contribution in [-0.2, 0) is 22.4 Å². The highest BCUT2D eigenvalue weighted by molar-refractivity contribution is 6.17. The molecule has 7 heteroatoms. The summed E-state index contributed by atoms with van der Waals surface area (Å²) in [6.07, 6.45) is 3.83. The highest BCUT2D eigenvalue weighted by Crippen LogP contribution is 2.34. The van der Waals surface area contributed by atoms with Crippen molar-refractivity contribution in [3.8, 4) is 0 Å². The second-order valence-corrected chi connectivity index (χ2v) is 13.4. The molecule has 5 aromatic rings. The minimum atomic E-state index is -1.01. The van der Waals surface area contributed by atoms with Crippen LogP contribution in [0.25, 0.3) is 32.3 Å². The van der Waals surface area contributed by atoms with Crippen molar-refractivity contribution < 1.29 is 19.5 Å². The topological polar surface area (TPSA) is 98.7 Å². The fourth-order valence-electron chi connectivity index (χ4n) is 7.63. The zero-order valence-electron chi connectivity index (χ0n) is 26.8. The fraction of sp³-hybridized carbons (Fsp3) is 0.325. The average molecular weight is 628 g/mol. The van der Waals surface area contributed by atoms with E-state index in [1.807, 2.05) is 25.2 Å². The van der Waals surface area contributed by atoms with E-state index in [0.29, 0.717) is 24.4 Å². The molecule has 1 saturated heterocycles. The van der Waals surface area contributed by atoms with E-state index in [2.05, 4.69) is 77.4 Å².